The van der Waals surface area contributed by atoms with Gasteiger partial charge in [0.1, 0.15) is 0 Å². The van der Waals surface area contributed by atoms with Gasteiger partial charge in [0, 0.05) is 12.5 Å². The molecule has 1 heterocycles. The molecular weight excluding hydrogens is 180 g/mol. The van der Waals surface area contributed by atoms with Crippen molar-refractivity contribution in [2.45, 2.75) is 12.7 Å². The lowest BCUT2D eigenvalue weighted by molar-refractivity contribution is -0.182. The van der Waals surface area contributed by atoms with E-state index in [0.29, 0.717) is 13.2 Å². The second-order valence-electron chi connectivity index (χ2n) is 3.24. The Labute approximate surface area is 82.6 Å². The van der Waals surface area contributed by atoms with Gasteiger partial charge in [0.25, 0.3) is 5.79 Å². The number of carbonyl (C=O) groups is 1. The Kier molecular flexibility index (Phi) is 2.35. The first-order chi connectivity index (χ1) is 6.76. The Morgan fingerprint density at radius 2 is 1.79 bits per heavy atom. The van der Waals surface area contributed by atoms with Crippen LogP contribution >= 0.6 is 0 Å². The van der Waals surface area contributed by atoms with Crippen LogP contribution in [0.4, 0.5) is 0 Å². The molecular formula is C11H12O3. The van der Waals surface area contributed by atoms with Gasteiger partial charge in [-0.15, -0.1) is 0 Å². The van der Waals surface area contributed by atoms with Crippen molar-refractivity contribution < 1.29 is 14.3 Å². The molecule has 1 aromatic carbocycles. The average Bonchev–Trinajstić information content (AvgIpc) is 2.69. The van der Waals surface area contributed by atoms with Crippen molar-refractivity contribution in [1.82, 2.24) is 0 Å². The van der Waals surface area contributed by atoms with Crippen LogP contribution < -0.4 is 0 Å². The Morgan fingerprint density at radius 1 is 1.21 bits per heavy atom. The minimum atomic E-state index is -1.15. The number of ketones is 1. The molecule has 1 aliphatic rings. The van der Waals surface area contributed by atoms with Crippen LogP contribution in [0.15, 0.2) is 30.3 Å². The van der Waals surface area contributed by atoms with Gasteiger partial charge in [-0.05, 0) is 0 Å². The van der Waals surface area contributed by atoms with E-state index in [1.807, 2.05) is 30.3 Å². The van der Waals surface area contributed by atoms with Gasteiger partial charge in [-0.3, -0.25) is 4.79 Å². The van der Waals surface area contributed by atoms with E-state index in [2.05, 4.69) is 0 Å². The van der Waals surface area contributed by atoms with Crippen molar-refractivity contribution in [1.29, 1.82) is 0 Å². The predicted octanol–water partition coefficient (Wildman–Crippen LogP) is 1.48. The van der Waals surface area contributed by atoms with E-state index in [1.165, 1.54) is 6.92 Å². The highest BCUT2D eigenvalue weighted by molar-refractivity contribution is 5.85. The van der Waals surface area contributed by atoms with Gasteiger partial charge in [-0.1, -0.05) is 30.3 Å². The van der Waals surface area contributed by atoms with Gasteiger partial charge >= 0.3 is 0 Å². The molecule has 0 saturated carbocycles. The Balaban J connectivity index is 2.42. The summed E-state index contributed by atoms with van der Waals surface area (Å²) in [6.45, 7) is 2.42. The zero-order valence-electron chi connectivity index (χ0n) is 8.03. The third kappa shape index (κ3) is 1.35. The van der Waals surface area contributed by atoms with Crippen LogP contribution in [0.1, 0.15) is 12.5 Å². The van der Waals surface area contributed by atoms with Crippen LogP contribution in [0, 0.1) is 0 Å². The van der Waals surface area contributed by atoms with Crippen molar-refractivity contribution in [3.63, 3.8) is 0 Å². The number of hydrogen-bond acceptors (Lipinski definition) is 3. The fourth-order valence-electron chi connectivity index (χ4n) is 1.64. The molecule has 1 aromatic rings. The zero-order valence-corrected chi connectivity index (χ0v) is 8.03. The monoisotopic (exact) mass is 192 g/mol. The first-order valence-corrected chi connectivity index (χ1v) is 4.60. The topological polar surface area (TPSA) is 35.5 Å². The zero-order chi connectivity index (χ0) is 10.0. The van der Waals surface area contributed by atoms with Crippen molar-refractivity contribution in [3.8, 4) is 0 Å². The Morgan fingerprint density at radius 3 is 2.29 bits per heavy atom. The van der Waals surface area contributed by atoms with E-state index >= 15 is 0 Å². The van der Waals surface area contributed by atoms with Gasteiger partial charge in [0.05, 0.1) is 13.2 Å². The predicted molar refractivity (Wildman–Crippen MR) is 50.7 cm³/mol. The van der Waals surface area contributed by atoms with Crippen molar-refractivity contribution in [2.75, 3.05) is 13.2 Å². The maximum absolute atomic E-state index is 11.5. The van der Waals surface area contributed by atoms with Crippen molar-refractivity contribution in [3.05, 3.63) is 35.9 Å². The smallest absolute Gasteiger partial charge is 0.256 e. The summed E-state index contributed by atoms with van der Waals surface area (Å²) in [5, 5.41) is 0. The van der Waals surface area contributed by atoms with Crippen LogP contribution in [-0.4, -0.2) is 19.0 Å². The number of hydrogen-bond donors (Lipinski definition) is 0. The van der Waals surface area contributed by atoms with E-state index in [1.54, 1.807) is 0 Å². The molecule has 1 fully saturated rings. The van der Waals surface area contributed by atoms with Gasteiger partial charge in [-0.2, -0.15) is 0 Å². The molecule has 74 valence electrons. The number of carbonyl (C=O) groups excluding carboxylic acids is 1. The maximum Gasteiger partial charge on any atom is 0.256 e. The summed E-state index contributed by atoms with van der Waals surface area (Å²) in [4.78, 5) is 11.5. The fraction of sp³-hybridized carbons (Fsp3) is 0.364. The second kappa shape index (κ2) is 3.52. The lowest BCUT2D eigenvalue weighted by Crippen LogP contribution is -2.35. The van der Waals surface area contributed by atoms with E-state index in [9.17, 15) is 4.79 Å². The van der Waals surface area contributed by atoms with E-state index in [0.717, 1.165) is 5.56 Å². The van der Waals surface area contributed by atoms with Gasteiger partial charge < -0.3 is 9.47 Å². The summed E-state index contributed by atoms with van der Waals surface area (Å²) in [7, 11) is 0. The molecule has 0 atom stereocenters. The van der Waals surface area contributed by atoms with Crippen LogP contribution in [0.25, 0.3) is 0 Å². The largest absolute Gasteiger partial charge is 0.338 e. The first-order valence-electron chi connectivity index (χ1n) is 4.60. The van der Waals surface area contributed by atoms with Crippen molar-refractivity contribution >= 4 is 5.78 Å². The van der Waals surface area contributed by atoms with Crippen LogP contribution in [0.3, 0.4) is 0 Å². The van der Waals surface area contributed by atoms with E-state index < -0.39 is 5.79 Å². The molecule has 3 heteroatoms. The van der Waals surface area contributed by atoms with E-state index in [4.69, 9.17) is 9.47 Å². The fourth-order valence-corrected chi connectivity index (χ4v) is 1.64. The standard InChI is InChI=1S/C11H12O3/c1-9(12)11(13-7-8-14-11)10-5-3-2-4-6-10/h2-6H,7-8H2,1H3. The molecule has 1 saturated heterocycles. The van der Waals surface area contributed by atoms with Gasteiger partial charge in [-0.25, -0.2) is 0 Å². The van der Waals surface area contributed by atoms with Crippen molar-refractivity contribution in [2.24, 2.45) is 0 Å². The van der Waals surface area contributed by atoms with Crippen LogP contribution in [0.5, 0.6) is 0 Å². The molecule has 2 rings (SSSR count). The lowest BCUT2D eigenvalue weighted by atomic mass is 10.0. The highest BCUT2D eigenvalue weighted by Gasteiger charge is 2.43. The Bertz CT molecular complexity index is 326. The van der Waals surface area contributed by atoms with E-state index in [-0.39, 0.29) is 5.78 Å². The van der Waals surface area contributed by atoms with Gasteiger partial charge in [0.15, 0.2) is 5.78 Å². The molecule has 0 N–H and O–H groups in total. The first kappa shape index (κ1) is 9.37. The number of benzene rings is 1. The highest BCUT2D eigenvalue weighted by Crippen LogP contribution is 2.31. The quantitative estimate of drug-likeness (QED) is 0.711. The molecule has 14 heavy (non-hydrogen) atoms. The van der Waals surface area contributed by atoms with Crippen LogP contribution in [-0.2, 0) is 20.1 Å². The normalized spacial score (nSPS) is 19.5. The third-order valence-electron chi connectivity index (χ3n) is 2.31. The average molecular weight is 192 g/mol. The summed E-state index contributed by atoms with van der Waals surface area (Å²) in [6, 6.07) is 9.31. The molecule has 0 spiro atoms. The number of ether oxygens (including phenoxy) is 2. The summed E-state index contributed by atoms with van der Waals surface area (Å²) in [6.07, 6.45) is 0. The molecule has 0 aromatic heterocycles. The summed E-state index contributed by atoms with van der Waals surface area (Å²) in [5.74, 6) is -1.26. The SMILES string of the molecule is CC(=O)C1(c2ccccc2)OCCO1. The maximum atomic E-state index is 11.5. The summed E-state index contributed by atoms with van der Waals surface area (Å²) < 4.78 is 10.8. The minimum Gasteiger partial charge on any atom is -0.338 e. The summed E-state index contributed by atoms with van der Waals surface area (Å²) >= 11 is 0. The molecule has 0 aliphatic carbocycles. The Hall–Kier alpha value is -1.19. The number of rotatable bonds is 2. The molecule has 1 aliphatic heterocycles. The highest BCUT2D eigenvalue weighted by atomic mass is 16.7. The molecule has 0 bridgehead atoms. The van der Waals surface area contributed by atoms with Crippen LogP contribution in [0.2, 0.25) is 0 Å². The molecule has 0 radical (unpaired) electrons. The summed E-state index contributed by atoms with van der Waals surface area (Å²) in [5.41, 5.74) is 0.769. The number of Topliss-reactive ketones (excluding diaryl/α,β-unsaturated/α-hetero) is 1. The van der Waals surface area contributed by atoms with Gasteiger partial charge in [0.2, 0.25) is 0 Å². The lowest BCUT2D eigenvalue weighted by Gasteiger charge is -2.24. The third-order valence-corrected chi connectivity index (χ3v) is 2.31. The minimum absolute atomic E-state index is 0.110. The molecule has 0 unspecified atom stereocenters. The molecule has 3 nitrogen and oxygen atoms in total. The molecule has 0 amide bonds. The second-order valence-corrected chi connectivity index (χ2v) is 3.24.